The quantitative estimate of drug-likeness (QED) is 0.641. The van der Waals surface area contributed by atoms with E-state index in [0.717, 1.165) is 16.0 Å². The minimum Gasteiger partial charge on any atom is -0.392 e. The molecule has 2 aromatic rings. The van der Waals surface area contributed by atoms with Crippen LogP contribution in [0.4, 0.5) is 0 Å². The van der Waals surface area contributed by atoms with Gasteiger partial charge in [0.1, 0.15) is 0 Å². The number of nitrogens with one attached hydrogen (secondary N) is 1. The summed E-state index contributed by atoms with van der Waals surface area (Å²) in [6.07, 6.45) is 3.72. The van der Waals surface area contributed by atoms with Gasteiger partial charge in [-0.15, -0.1) is 11.3 Å². The van der Waals surface area contributed by atoms with Gasteiger partial charge in [0.25, 0.3) is 0 Å². The van der Waals surface area contributed by atoms with Crippen LogP contribution >= 0.6 is 11.3 Å². The van der Waals surface area contributed by atoms with Gasteiger partial charge >= 0.3 is 0 Å². The van der Waals surface area contributed by atoms with Crippen LogP contribution in [-0.2, 0) is 27.8 Å². The van der Waals surface area contributed by atoms with E-state index >= 15 is 0 Å². The Balaban J connectivity index is 1.80. The first-order valence-electron chi connectivity index (χ1n) is 7.14. The molecule has 0 fully saturated rings. The summed E-state index contributed by atoms with van der Waals surface area (Å²) < 4.78 is 22.3. The van der Waals surface area contributed by atoms with E-state index < -0.39 is 10.0 Å². The van der Waals surface area contributed by atoms with Crippen molar-refractivity contribution >= 4 is 33.3 Å². The van der Waals surface area contributed by atoms with E-state index in [-0.39, 0.29) is 17.4 Å². The Morgan fingerprint density at radius 3 is 2.54 bits per heavy atom. The summed E-state index contributed by atoms with van der Waals surface area (Å²) in [4.78, 5) is 12.7. The molecule has 0 saturated heterocycles. The van der Waals surface area contributed by atoms with Crippen LogP contribution in [0.5, 0.6) is 0 Å². The molecule has 6 nitrogen and oxygen atoms in total. The second kappa shape index (κ2) is 8.20. The second-order valence-electron chi connectivity index (χ2n) is 5.08. The zero-order chi connectivity index (χ0) is 17.6. The second-order valence-corrected chi connectivity index (χ2v) is 7.58. The molecule has 0 bridgehead atoms. The summed E-state index contributed by atoms with van der Waals surface area (Å²) in [7, 11) is -3.68. The van der Waals surface area contributed by atoms with Gasteiger partial charge in [-0.1, -0.05) is 12.1 Å². The summed E-state index contributed by atoms with van der Waals surface area (Å²) >= 11 is 1.45. The number of thiophene rings is 1. The van der Waals surface area contributed by atoms with Crippen LogP contribution in [0.3, 0.4) is 0 Å². The molecule has 1 amide bonds. The van der Waals surface area contributed by atoms with Gasteiger partial charge in [-0.25, -0.2) is 13.6 Å². The molecule has 8 heteroatoms. The number of sulfonamides is 1. The van der Waals surface area contributed by atoms with Crippen LogP contribution in [0.15, 0.2) is 46.7 Å². The van der Waals surface area contributed by atoms with Crippen molar-refractivity contribution in [3.8, 4) is 0 Å². The number of aliphatic hydroxyl groups is 1. The van der Waals surface area contributed by atoms with E-state index in [1.165, 1.54) is 29.5 Å². The molecule has 2 rings (SSSR count). The molecule has 0 atom stereocenters. The van der Waals surface area contributed by atoms with Crippen LogP contribution in [-0.4, -0.2) is 26.0 Å². The van der Waals surface area contributed by atoms with Crippen molar-refractivity contribution in [2.45, 2.75) is 17.9 Å². The van der Waals surface area contributed by atoms with Crippen LogP contribution in [0.2, 0.25) is 0 Å². The van der Waals surface area contributed by atoms with Gasteiger partial charge in [0.2, 0.25) is 15.9 Å². The Hall–Kier alpha value is -2.00. The number of amides is 1. The molecule has 0 aliphatic rings. The molecular formula is C16H18N2O4S2. The topological polar surface area (TPSA) is 109 Å². The van der Waals surface area contributed by atoms with Crippen molar-refractivity contribution in [1.82, 2.24) is 5.32 Å². The van der Waals surface area contributed by atoms with Crippen molar-refractivity contribution < 1.29 is 18.3 Å². The third-order valence-corrected chi connectivity index (χ3v) is 5.10. The number of benzene rings is 1. The average Bonchev–Trinajstić information content (AvgIpc) is 3.01. The molecule has 1 aromatic heterocycles. The smallest absolute Gasteiger partial charge is 0.244 e. The van der Waals surface area contributed by atoms with Gasteiger partial charge < -0.3 is 10.4 Å². The summed E-state index contributed by atoms with van der Waals surface area (Å²) in [6, 6.07) is 8.05. The first-order chi connectivity index (χ1) is 11.4. The highest BCUT2D eigenvalue weighted by molar-refractivity contribution is 7.89. The first-order valence-corrected chi connectivity index (χ1v) is 9.57. The maximum atomic E-state index is 11.7. The SMILES string of the molecule is NS(=O)(=O)c1ccc(CCNC(=O)/C=C/c2cc(CO)cs2)cc1. The fraction of sp³-hybridized carbons (Fsp3) is 0.188. The number of rotatable bonds is 7. The van der Waals surface area contributed by atoms with Crippen molar-refractivity contribution in [1.29, 1.82) is 0 Å². The molecule has 128 valence electrons. The van der Waals surface area contributed by atoms with Crippen LogP contribution in [0.1, 0.15) is 16.0 Å². The molecule has 0 spiro atoms. The maximum absolute atomic E-state index is 11.7. The Morgan fingerprint density at radius 1 is 1.25 bits per heavy atom. The van der Waals surface area contributed by atoms with E-state index in [1.807, 2.05) is 11.4 Å². The van der Waals surface area contributed by atoms with E-state index in [9.17, 15) is 13.2 Å². The van der Waals surface area contributed by atoms with Crippen LogP contribution in [0, 0.1) is 0 Å². The number of nitrogens with two attached hydrogens (primary N) is 1. The average molecular weight is 366 g/mol. The number of hydrogen-bond acceptors (Lipinski definition) is 5. The maximum Gasteiger partial charge on any atom is 0.244 e. The van der Waals surface area contributed by atoms with E-state index in [2.05, 4.69) is 5.32 Å². The van der Waals surface area contributed by atoms with Gasteiger partial charge in [-0.05, 0) is 47.2 Å². The third kappa shape index (κ3) is 5.57. The van der Waals surface area contributed by atoms with E-state index in [1.54, 1.807) is 18.2 Å². The van der Waals surface area contributed by atoms with Crippen molar-refractivity contribution in [2.24, 2.45) is 5.14 Å². The van der Waals surface area contributed by atoms with Gasteiger partial charge in [0.05, 0.1) is 11.5 Å². The highest BCUT2D eigenvalue weighted by Crippen LogP contribution is 2.16. The van der Waals surface area contributed by atoms with Crippen LogP contribution in [0.25, 0.3) is 6.08 Å². The lowest BCUT2D eigenvalue weighted by molar-refractivity contribution is -0.116. The molecule has 1 heterocycles. The lowest BCUT2D eigenvalue weighted by Crippen LogP contribution is -2.23. The largest absolute Gasteiger partial charge is 0.392 e. The molecule has 0 aliphatic heterocycles. The molecule has 1 aromatic carbocycles. The number of aliphatic hydroxyl groups excluding tert-OH is 1. The zero-order valence-corrected chi connectivity index (χ0v) is 14.4. The van der Waals surface area contributed by atoms with Gasteiger partial charge in [-0.3, -0.25) is 4.79 Å². The Morgan fingerprint density at radius 2 is 1.96 bits per heavy atom. The van der Waals surface area contributed by atoms with Crippen molar-refractivity contribution in [2.75, 3.05) is 6.54 Å². The molecule has 0 aliphatic carbocycles. The fourth-order valence-electron chi connectivity index (χ4n) is 1.96. The Bertz CT molecular complexity index is 824. The highest BCUT2D eigenvalue weighted by atomic mass is 32.2. The van der Waals surface area contributed by atoms with E-state index in [0.29, 0.717) is 13.0 Å². The molecule has 4 N–H and O–H groups in total. The molecule has 0 saturated carbocycles. The lowest BCUT2D eigenvalue weighted by atomic mass is 10.1. The van der Waals surface area contributed by atoms with Gasteiger partial charge in [0, 0.05) is 17.5 Å². The summed E-state index contributed by atoms with van der Waals surface area (Å²) in [5.74, 6) is -0.213. The Labute approximate surface area is 144 Å². The van der Waals surface area contributed by atoms with Gasteiger partial charge in [-0.2, -0.15) is 0 Å². The number of carbonyl (C=O) groups is 1. The van der Waals surface area contributed by atoms with Crippen molar-refractivity contribution in [3.05, 3.63) is 57.8 Å². The standard InChI is InChI=1S/C16H18N2O4S2/c17-24(21,22)15-4-1-12(2-5-15)7-8-18-16(20)6-3-14-9-13(10-19)11-23-14/h1-6,9,11,19H,7-8,10H2,(H,18,20)(H2,17,21,22)/b6-3+. The third-order valence-electron chi connectivity index (χ3n) is 3.22. The molecule has 24 heavy (non-hydrogen) atoms. The monoisotopic (exact) mass is 366 g/mol. The van der Waals surface area contributed by atoms with Gasteiger partial charge in [0.15, 0.2) is 0 Å². The lowest BCUT2D eigenvalue weighted by Gasteiger charge is -2.04. The summed E-state index contributed by atoms with van der Waals surface area (Å²) in [5, 5.41) is 18.6. The molecular weight excluding hydrogens is 348 g/mol. The summed E-state index contributed by atoms with van der Waals surface area (Å²) in [5.41, 5.74) is 1.72. The highest BCUT2D eigenvalue weighted by Gasteiger charge is 2.06. The minimum atomic E-state index is -3.68. The number of carbonyl (C=O) groups excluding carboxylic acids is 1. The van der Waals surface area contributed by atoms with E-state index in [4.69, 9.17) is 10.2 Å². The minimum absolute atomic E-state index is 0.0131. The predicted octanol–water partition coefficient (Wildman–Crippen LogP) is 1.26. The molecule has 0 unspecified atom stereocenters. The predicted molar refractivity (Wildman–Crippen MR) is 93.8 cm³/mol. The number of primary sulfonamides is 1. The van der Waals surface area contributed by atoms with Crippen LogP contribution < -0.4 is 10.5 Å². The molecule has 0 radical (unpaired) electrons. The van der Waals surface area contributed by atoms with Crippen molar-refractivity contribution in [3.63, 3.8) is 0 Å². The first kappa shape index (κ1) is 18.3. The summed E-state index contributed by atoms with van der Waals surface area (Å²) in [6.45, 7) is 0.422. The Kier molecular flexibility index (Phi) is 6.27. The number of hydrogen-bond donors (Lipinski definition) is 3. The zero-order valence-electron chi connectivity index (χ0n) is 12.8. The fourth-order valence-corrected chi connectivity index (χ4v) is 3.27. The normalized spacial score (nSPS) is 11.8.